The van der Waals surface area contributed by atoms with E-state index in [4.69, 9.17) is 4.74 Å². The molecule has 31 heavy (non-hydrogen) atoms. The van der Waals surface area contributed by atoms with E-state index in [1.54, 1.807) is 0 Å². The Labute approximate surface area is 185 Å². The molecule has 3 aliphatic rings. The first kappa shape index (κ1) is 20.1. The Bertz CT molecular complexity index is 1030. The maximum absolute atomic E-state index is 13.3. The van der Waals surface area contributed by atoms with E-state index < -0.39 is 0 Å². The van der Waals surface area contributed by atoms with Crippen molar-refractivity contribution >= 4 is 6.09 Å². The molecule has 0 radical (unpaired) electrons. The maximum atomic E-state index is 13.3. The van der Waals surface area contributed by atoms with Crippen LogP contribution in [-0.2, 0) is 4.74 Å². The SMILES string of the molecule is CC(C)=C(C)C1=CC2CCCC(C1)N2C(=O)OCC1c2ccccc2-c2ccccc21. The number of amides is 1. The molecule has 3 nitrogen and oxygen atoms in total. The van der Waals surface area contributed by atoms with Gasteiger partial charge in [0.1, 0.15) is 6.61 Å². The number of ether oxygens (including phenoxy) is 1. The molecule has 2 unspecified atom stereocenters. The molecule has 3 heteroatoms. The van der Waals surface area contributed by atoms with E-state index in [2.05, 4.69) is 75.4 Å². The predicted molar refractivity (Wildman–Crippen MR) is 125 cm³/mol. The van der Waals surface area contributed by atoms with Crippen LogP contribution in [0.5, 0.6) is 0 Å². The summed E-state index contributed by atoms with van der Waals surface area (Å²) in [4.78, 5) is 15.3. The zero-order valence-electron chi connectivity index (χ0n) is 18.7. The summed E-state index contributed by atoms with van der Waals surface area (Å²) in [5.74, 6) is 0.111. The second-order valence-electron chi connectivity index (χ2n) is 9.38. The summed E-state index contributed by atoms with van der Waals surface area (Å²) < 4.78 is 6.00. The Hall–Kier alpha value is -2.81. The molecular formula is C28H31NO2. The summed E-state index contributed by atoms with van der Waals surface area (Å²) >= 11 is 0. The maximum Gasteiger partial charge on any atom is 0.410 e. The van der Waals surface area contributed by atoms with Gasteiger partial charge in [-0.3, -0.25) is 4.90 Å². The third-order valence-electron chi connectivity index (χ3n) is 7.42. The number of carbonyl (C=O) groups excluding carboxylic acids is 1. The standard InChI is InChI=1S/C28H31NO2/c1-18(2)19(3)20-15-21-9-8-10-22(16-20)29(21)28(30)31-17-27-25-13-6-4-11-23(25)24-12-5-7-14-26(24)27/h4-7,11-15,21-22,27H,8-10,16-17H2,1-3H3. The van der Waals surface area contributed by atoms with Crippen LogP contribution >= 0.6 is 0 Å². The van der Waals surface area contributed by atoms with Gasteiger partial charge in [0.05, 0.1) is 6.04 Å². The summed E-state index contributed by atoms with van der Waals surface area (Å²) in [6.07, 6.45) is 6.38. The summed E-state index contributed by atoms with van der Waals surface area (Å²) in [6.45, 7) is 6.94. The van der Waals surface area contributed by atoms with Crippen LogP contribution in [-0.4, -0.2) is 29.7 Å². The summed E-state index contributed by atoms with van der Waals surface area (Å²) in [5, 5.41) is 0. The monoisotopic (exact) mass is 413 g/mol. The molecule has 1 saturated heterocycles. The second-order valence-corrected chi connectivity index (χ2v) is 9.38. The third-order valence-corrected chi connectivity index (χ3v) is 7.42. The first-order chi connectivity index (χ1) is 15.0. The number of piperidine rings is 1. The van der Waals surface area contributed by atoms with Crippen molar-refractivity contribution in [1.82, 2.24) is 4.90 Å². The lowest BCUT2D eigenvalue weighted by Crippen LogP contribution is -2.52. The summed E-state index contributed by atoms with van der Waals surface area (Å²) in [5.41, 5.74) is 9.20. The van der Waals surface area contributed by atoms with Crippen molar-refractivity contribution in [1.29, 1.82) is 0 Å². The minimum absolute atomic E-state index is 0.111. The highest BCUT2D eigenvalue weighted by atomic mass is 16.6. The van der Waals surface area contributed by atoms with Crippen molar-refractivity contribution in [2.24, 2.45) is 0 Å². The van der Waals surface area contributed by atoms with Gasteiger partial charge in [0, 0.05) is 12.0 Å². The fourth-order valence-electron chi connectivity index (χ4n) is 5.58. The van der Waals surface area contributed by atoms with Crippen LogP contribution in [0.25, 0.3) is 11.1 Å². The molecule has 160 valence electrons. The van der Waals surface area contributed by atoms with Crippen LogP contribution in [0.15, 0.2) is 71.3 Å². The number of rotatable bonds is 3. The van der Waals surface area contributed by atoms with Gasteiger partial charge in [0.25, 0.3) is 0 Å². The summed E-state index contributed by atoms with van der Waals surface area (Å²) in [7, 11) is 0. The number of nitrogens with zero attached hydrogens (tertiary/aromatic N) is 1. The number of benzene rings is 2. The van der Waals surface area contributed by atoms with Crippen molar-refractivity contribution in [3.8, 4) is 11.1 Å². The topological polar surface area (TPSA) is 29.5 Å². The van der Waals surface area contributed by atoms with Crippen LogP contribution < -0.4 is 0 Å². The lowest BCUT2D eigenvalue weighted by atomic mass is 9.82. The predicted octanol–water partition coefficient (Wildman–Crippen LogP) is 6.85. The van der Waals surface area contributed by atoms with Gasteiger partial charge in [-0.2, -0.15) is 0 Å². The molecule has 2 aliphatic heterocycles. The summed E-state index contributed by atoms with van der Waals surface area (Å²) in [6, 6.07) is 17.4. The van der Waals surface area contributed by atoms with Crippen LogP contribution in [0.4, 0.5) is 4.79 Å². The zero-order valence-corrected chi connectivity index (χ0v) is 18.7. The minimum atomic E-state index is -0.151. The van der Waals surface area contributed by atoms with Crippen molar-refractivity contribution < 1.29 is 9.53 Å². The van der Waals surface area contributed by atoms with Crippen LogP contribution in [0.2, 0.25) is 0 Å². The van der Waals surface area contributed by atoms with Gasteiger partial charge in [0.15, 0.2) is 0 Å². The fraction of sp³-hybridized carbons (Fsp3) is 0.393. The lowest BCUT2D eigenvalue weighted by molar-refractivity contribution is 0.0514. The average Bonchev–Trinajstić information content (AvgIpc) is 3.09. The average molecular weight is 414 g/mol. The van der Waals surface area contributed by atoms with E-state index in [1.807, 2.05) is 4.90 Å². The molecule has 2 aromatic carbocycles. The molecule has 5 rings (SSSR count). The van der Waals surface area contributed by atoms with Crippen molar-refractivity contribution in [3.63, 3.8) is 0 Å². The Balaban J connectivity index is 1.35. The van der Waals surface area contributed by atoms with E-state index in [0.29, 0.717) is 6.61 Å². The highest BCUT2D eigenvalue weighted by molar-refractivity contribution is 5.79. The van der Waals surface area contributed by atoms with Crippen LogP contribution in [0.1, 0.15) is 63.5 Å². The number of fused-ring (bicyclic) bond motifs is 5. The molecule has 1 amide bonds. The van der Waals surface area contributed by atoms with Gasteiger partial charge in [-0.05, 0) is 79.9 Å². The number of hydrogen-bond donors (Lipinski definition) is 0. The van der Waals surface area contributed by atoms with Gasteiger partial charge >= 0.3 is 6.09 Å². The van der Waals surface area contributed by atoms with E-state index in [9.17, 15) is 4.79 Å². The normalized spacial score (nSPS) is 21.8. The number of carbonyl (C=O) groups is 1. The van der Waals surface area contributed by atoms with Crippen molar-refractivity contribution in [2.75, 3.05) is 6.61 Å². The molecule has 2 bridgehead atoms. The Morgan fingerprint density at radius 1 is 0.968 bits per heavy atom. The largest absolute Gasteiger partial charge is 0.448 e. The first-order valence-electron chi connectivity index (χ1n) is 11.5. The Morgan fingerprint density at radius 3 is 2.23 bits per heavy atom. The fourth-order valence-corrected chi connectivity index (χ4v) is 5.58. The van der Waals surface area contributed by atoms with Gasteiger partial charge in [-0.1, -0.05) is 60.2 Å². The minimum Gasteiger partial charge on any atom is -0.448 e. The Morgan fingerprint density at radius 2 is 1.61 bits per heavy atom. The number of hydrogen-bond acceptors (Lipinski definition) is 2. The van der Waals surface area contributed by atoms with E-state index in [1.165, 1.54) is 45.4 Å². The lowest BCUT2D eigenvalue weighted by Gasteiger charge is -2.44. The highest BCUT2D eigenvalue weighted by Crippen LogP contribution is 2.45. The van der Waals surface area contributed by atoms with E-state index in [0.717, 1.165) is 19.3 Å². The molecule has 2 heterocycles. The molecule has 1 fully saturated rings. The zero-order chi connectivity index (χ0) is 21.5. The van der Waals surface area contributed by atoms with E-state index in [-0.39, 0.29) is 24.1 Å². The molecule has 1 aliphatic carbocycles. The molecule has 0 spiro atoms. The van der Waals surface area contributed by atoms with Gasteiger partial charge < -0.3 is 4.74 Å². The van der Waals surface area contributed by atoms with Crippen LogP contribution in [0, 0.1) is 0 Å². The molecule has 2 aromatic rings. The van der Waals surface area contributed by atoms with Crippen LogP contribution in [0.3, 0.4) is 0 Å². The molecule has 0 N–H and O–H groups in total. The second kappa shape index (κ2) is 8.03. The Kier molecular flexibility index (Phi) is 5.21. The molecule has 2 atom stereocenters. The van der Waals surface area contributed by atoms with Gasteiger partial charge in [0.2, 0.25) is 0 Å². The van der Waals surface area contributed by atoms with Crippen molar-refractivity contribution in [3.05, 3.63) is 82.5 Å². The third kappa shape index (κ3) is 3.50. The van der Waals surface area contributed by atoms with Crippen molar-refractivity contribution in [2.45, 2.75) is 64.5 Å². The quantitative estimate of drug-likeness (QED) is 0.551. The first-order valence-corrected chi connectivity index (χ1v) is 11.5. The van der Waals surface area contributed by atoms with Gasteiger partial charge in [-0.15, -0.1) is 0 Å². The highest BCUT2D eigenvalue weighted by Gasteiger charge is 2.39. The molecule has 0 aromatic heterocycles. The van der Waals surface area contributed by atoms with Gasteiger partial charge in [-0.25, -0.2) is 4.79 Å². The molecular weight excluding hydrogens is 382 g/mol. The molecule has 0 saturated carbocycles. The van der Waals surface area contributed by atoms with E-state index >= 15 is 0 Å². The smallest absolute Gasteiger partial charge is 0.410 e. The number of allylic oxidation sites excluding steroid dienone is 2.